The standard InChI is InChI=1S/C14H14N4O2S/c19-21(20)12-1-2-13(21)6-10(5-12)11-7-16-14(17-8-11)18-4-3-15-9-18/h3-5,7-9,12-13H,1-2,6H2. The highest BCUT2D eigenvalue weighted by molar-refractivity contribution is 7.93. The Morgan fingerprint density at radius 1 is 1.19 bits per heavy atom. The number of allylic oxidation sites excluding steroid dienone is 1. The van der Waals surface area contributed by atoms with Gasteiger partial charge in [-0.15, -0.1) is 0 Å². The van der Waals surface area contributed by atoms with Crippen molar-refractivity contribution >= 4 is 15.4 Å². The second kappa shape index (κ2) is 4.49. The quantitative estimate of drug-likeness (QED) is 0.838. The lowest BCUT2D eigenvalue weighted by Gasteiger charge is -2.20. The molecule has 2 aliphatic rings. The van der Waals surface area contributed by atoms with Crippen LogP contribution in [0.5, 0.6) is 0 Å². The van der Waals surface area contributed by atoms with Crippen LogP contribution >= 0.6 is 0 Å². The van der Waals surface area contributed by atoms with E-state index < -0.39 is 9.84 Å². The molecule has 2 atom stereocenters. The smallest absolute Gasteiger partial charge is 0.234 e. The van der Waals surface area contributed by atoms with Gasteiger partial charge in [-0.2, -0.15) is 0 Å². The van der Waals surface area contributed by atoms with Gasteiger partial charge < -0.3 is 0 Å². The van der Waals surface area contributed by atoms with E-state index >= 15 is 0 Å². The summed E-state index contributed by atoms with van der Waals surface area (Å²) in [6.45, 7) is 0. The van der Waals surface area contributed by atoms with Crippen LogP contribution in [0, 0.1) is 0 Å². The van der Waals surface area contributed by atoms with Crippen LogP contribution in [-0.4, -0.2) is 38.4 Å². The topological polar surface area (TPSA) is 77.7 Å². The normalized spacial score (nSPS) is 26.6. The van der Waals surface area contributed by atoms with Crippen molar-refractivity contribution in [1.29, 1.82) is 0 Å². The largest absolute Gasteiger partial charge is 0.274 e. The van der Waals surface area contributed by atoms with Crippen LogP contribution in [0.4, 0.5) is 0 Å². The monoisotopic (exact) mass is 302 g/mol. The Hall–Kier alpha value is -2.02. The molecule has 2 bridgehead atoms. The van der Waals surface area contributed by atoms with E-state index in [4.69, 9.17) is 0 Å². The average molecular weight is 302 g/mol. The van der Waals surface area contributed by atoms with Crippen LogP contribution in [0.1, 0.15) is 24.8 Å². The van der Waals surface area contributed by atoms with Gasteiger partial charge >= 0.3 is 0 Å². The molecule has 7 heteroatoms. The fourth-order valence-electron chi connectivity index (χ4n) is 3.07. The number of aromatic nitrogens is 4. The highest BCUT2D eigenvalue weighted by Crippen LogP contribution is 2.40. The molecule has 0 spiro atoms. The van der Waals surface area contributed by atoms with E-state index in [2.05, 4.69) is 15.0 Å². The number of rotatable bonds is 2. The van der Waals surface area contributed by atoms with Gasteiger partial charge in [-0.1, -0.05) is 6.08 Å². The Balaban J connectivity index is 1.66. The van der Waals surface area contributed by atoms with Gasteiger partial charge in [0.2, 0.25) is 5.95 Å². The van der Waals surface area contributed by atoms with Crippen LogP contribution in [0.3, 0.4) is 0 Å². The molecule has 1 saturated heterocycles. The predicted molar refractivity (Wildman–Crippen MR) is 77.5 cm³/mol. The van der Waals surface area contributed by atoms with Gasteiger partial charge in [0.15, 0.2) is 9.84 Å². The molecule has 4 rings (SSSR count). The van der Waals surface area contributed by atoms with Gasteiger partial charge in [-0.3, -0.25) is 4.57 Å². The maximum absolute atomic E-state index is 12.1. The zero-order valence-corrected chi connectivity index (χ0v) is 12.1. The molecule has 108 valence electrons. The van der Waals surface area contributed by atoms with Gasteiger partial charge in [-0.05, 0) is 24.8 Å². The molecule has 6 nitrogen and oxygen atoms in total. The molecule has 2 aromatic heterocycles. The first-order chi connectivity index (χ1) is 10.1. The van der Waals surface area contributed by atoms with Crippen molar-refractivity contribution < 1.29 is 8.42 Å². The summed E-state index contributed by atoms with van der Waals surface area (Å²) in [4.78, 5) is 12.6. The number of imidazole rings is 1. The maximum atomic E-state index is 12.1. The van der Waals surface area contributed by atoms with Gasteiger partial charge in [0, 0.05) is 30.4 Å². The van der Waals surface area contributed by atoms with Crippen molar-refractivity contribution in [2.75, 3.05) is 0 Å². The SMILES string of the molecule is O=S1(=O)C2C=C(c3cnc(-n4ccnc4)nc3)CC1CC2. The first-order valence-electron chi connectivity index (χ1n) is 6.89. The summed E-state index contributed by atoms with van der Waals surface area (Å²) in [6.07, 6.45) is 12.6. The summed E-state index contributed by atoms with van der Waals surface area (Å²) >= 11 is 0. The Bertz CT molecular complexity index is 794. The highest BCUT2D eigenvalue weighted by Gasteiger charge is 2.43. The van der Waals surface area contributed by atoms with E-state index in [9.17, 15) is 8.42 Å². The molecule has 0 N–H and O–H groups in total. The molecule has 0 aliphatic carbocycles. The van der Waals surface area contributed by atoms with Crippen LogP contribution < -0.4 is 0 Å². The summed E-state index contributed by atoms with van der Waals surface area (Å²) in [6, 6.07) is 0. The molecule has 2 unspecified atom stereocenters. The number of nitrogens with zero attached hydrogens (tertiary/aromatic N) is 4. The van der Waals surface area contributed by atoms with Gasteiger partial charge in [-0.25, -0.2) is 23.4 Å². The minimum atomic E-state index is -2.94. The molecule has 0 amide bonds. The van der Waals surface area contributed by atoms with E-state index in [0.717, 1.165) is 24.0 Å². The van der Waals surface area contributed by atoms with Crippen LogP contribution in [-0.2, 0) is 9.84 Å². The van der Waals surface area contributed by atoms with E-state index in [0.29, 0.717) is 12.4 Å². The first kappa shape index (κ1) is 12.7. The lowest BCUT2D eigenvalue weighted by atomic mass is 10.0. The lowest BCUT2D eigenvalue weighted by Crippen LogP contribution is -2.26. The van der Waals surface area contributed by atoms with Crippen LogP contribution in [0.25, 0.3) is 11.5 Å². The zero-order chi connectivity index (χ0) is 14.4. The van der Waals surface area contributed by atoms with E-state index in [1.54, 1.807) is 35.7 Å². The van der Waals surface area contributed by atoms with E-state index in [-0.39, 0.29) is 10.5 Å². The molecule has 21 heavy (non-hydrogen) atoms. The number of hydrogen-bond acceptors (Lipinski definition) is 5. The van der Waals surface area contributed by atoms with Gasteiger partial charge in [0.05, 0.1) is 10.5 Å². The molecule has 4 heterocycles. The highest BCUT2D eigenvalue weighted by atomic mass is 32.2. The summed E-state index contributed by atoms with van der Waals surface area (Å²) in [5, 5.41) is -0.546. The summed E-state index contributed by atoms with van der Waals surface area (Å²) in [5.41, 5.74) is 1.96. The lowest BCUT2D eigenvalue weighted by molar-refractivity contribution is 0.585. The minimum Gasteiger partial charge on any atom is -0.274 e. The Kier molecular flexibility index (Phi) is 2.72. The van der Waals surface area contributed by atoms with Gasteiger partial charge in [0.1, 0.15) is 6.33 Å². The Labute approximate surface area is 122 Å². The second-order valence-corrected chi connectivity index (χ2v) is 7.91. The van der Waals surface area contributed by atoms with Crippen LogP contribution in [0.15, 0.2) is 37.2 Å². The predicted octanol–water partition coefficient (Wildman–Crippen LogP) is 1.40. The van der Waals surface area contributed by atoms with Crippen molar-refractivity contribution in [3.05, 3.63) is 42.8 Å². The molecular formula is C14H14N4O2S. The Morgan fingerprint density at radius 2 is 2.00 bits per heavy atom. The molecule has 1 fully saturated rings. The van der Waals surface area contributed by atoms with Crippen molar-refractivity contribution in [3.8, 4) is 5.95 Å². The van der Waals surface area contributed by atoms with Crippen molar-refractivity contribution in [3.63, 3.8) is 0 Å². The summed E-state index contributed by atoms with van der Waals surface area (Å²) in [7, 11) is -2.94. The van der Waals surface area contributed by atoms with E-state index in [1.807, 2.05) is 6.08 Å². The molecule has 0 aromatic carbocycles. The molecular weight excluding hydrogens is 288 g/mol. The third kappa shape index (κ3) is 1.99. The number of fused-ring (bicyclic) bond motifs is 2. The molecule has 0 radical (unpaired) electrons. The number of hydrogen-bond donors (Lipinski definition) is 0. The fourth-order valence-corrected chi connectivity index (χ4v) is 5.26. The van der Waals surface area contributed by atoms with E-state index in [1.165, 1.54) is 0 Å². The zero-order valence-electron chi connectivity index (χ0n) is 11.3. The average Bonchev–Trinajstić information content (AvgIpc) is 3.02. The van der Waals surface area contributed by atoms with Crippen LogP contribution in [0.2, 0.25) is 0 Å². The number of sulfone groups is 1. The van der Waals surface area contributed by atoms with Crippen molar-refractivity contribution in [1.82, 2.24) is 19.5 Å². The molecule has 2 aromatic rings. The van der Waals surface area contributed by atoms with Crippen molar-refractivity contribution in [2.24, 2.45) is 0 Å². The fraction of sp³-hybridized carbons (Fsp3) is 0.357. The molecule has 0 saturated carbocycles. The summed E-state index contributed by atoms with van der Waals surface area (Å²) < 4.78 is 25.9. The minimum absolute atomic E-state index is 0.226. The Morgan fingerprint density at radius 3 is 2.67 bits per heavy atom. The van der Waals surface area contributed by atoms with Gasteiger partial charge in [0.25, 0.3) is 0 Å². The third-order valence-electron chi connectivity index (χ3n) is 4.24. The second-order valence-electron chi connectivity index (χ2n) is 5.46. The third-order valence-corrected chi connectivity index (χ3v) is 6.79. The van der Waals surface area contributed by atoms with Crippen molar-refractivity contribution in [2.45, 2.75) is 29.8 Å². The maximum Gasteiger partial charge on any atom is 0.234 e. The first-order valence-corrected chi connectivity index (χ1v) is 8.50. The summed E-state index contributed by atoms with van der Waals surface area (Å²) in [5.74, 6) is 0.559. The molecule has 2 aliphatic heterocycles.